The van der Waals surface area contributed by atoms with Crippen molar-refractivity contribution in [2.24, 2.45) is 11.1 Å². The van der Waals surface area contributed by atoms with Crippen LogP contribution in [0.15, 0.2) is 0 Å². The van der Waals surface area contributed by atoms with Crippen molar-refractivity contribution < 1.29 is 0 Å². The molecule has 0 aromatic heterocycles. The van der Waals surface area contributed by atoms with Crippen molar-refractivity contribution in [1.82, 2.24) is 0 Å². The Morgan fingerprint density at radius 3 is 1.85 bits per heavy atom. The van der Waals surface area contributed by atoms with E-state index >= 15 is 0 Å². The molecule has 0 saturated heterocycles. The largest absolute Gasteiger partial charge is 0.313 e. The van der Waals surface area contributed by atoms with Crippen LogP contribution >= 0.6 is 0 Å². The predicted octanol–water partition coefficient (Wildman–Crippen LogP) is 2.34. The van der Waals surface area contributed by atoms with Crippen LogP contribution in [0, 0.1) is 16.7 Å². The molecule has 0 radical (unpaired) electrons. The Balaban J connectivity index is 2.28. The van der Waals surface area contributed by atoms with Crippen molar-refractivity contribution >= 4 is 0 Å². The van der Waals surface area contributed by atoms with Crippen LogP contribution in [0.4, 0.5) is 0 Å². The number of hydrogen-bond donors (Lipinski definition) is 1. The second-order valence-electron chi connectivity index (χ2n) is 4.78. The van der Waals surface area contributed by atoms with E-state index in [0.717, 1.165) is 12.8 Å². The molecule has 2 fully saturated rings. The van der Waals surface area contributed by atoms with E-state index < -0.39 is 5.54 Å². The third kappa shape index (κ3) is 1.18. The van der Waals surface area contributed by atoms with E-state index in [1.807, 2.05) is 0 Å². The smallest absolute Gasteiger partial charge is 0.109 e. The van der Waals surface area contributed by atoms with Crippen molar-refractivity contribution in [3.8, 4) is 6.07 Å². The molecule has 0 aromatic carbocycles. The highest BCUT2D eigenvalue weighted by molar-refractivity contribution is 5.18. The van der Waals surface area contributed by atoms with Gasteiger partial charge in [0.05, 0.1) is 6.07 Å². The summed E-state index contributed by atoms with van der Waals surface area (Å²) in [5, 5.41) is 9.20. The third-order valence-corrected chi connectivity index (χ3v) is 4.18. The minimum absolute atomic E-state index is 0.194. The Hall–Kier alpha value is -0.550. The molecule has 0 amide bonds. The minimum atomic E-state index is -0.498. The molecule has 0 heterocycles. The van der Waals surface area contributed by atoms with Crippen molar-refractivity contribution in [1.29, 1.82) is 5.26 Å². The highest BCUT2D eigenvalue weighted by Gasteiger charge is 2.51. The fraction of sp³-hybridized carbons (Fsp3) is 0.909. The normalized spacial score (nSPS) is 37.5. The maximum Gasteiger partial charge on any atom is 0.109 e. The Bertz CT molecular complexity index is 235. The summed E-state index contributed by atoms with van der Waals surface area (Å²) >= 11 is 0. The van der Waals surface area contributed by atoms with Gasteiger partial charge in [0.2, 0.25) is 0 Å². The number of nitriles is 1. The second kappa shape index (κ2) is 2.99. The average molecular weight is 178 g/mol. The molecule has 2 aliphatic rings. The van der Waals surface area contributed by atoms with E-state index in [4.69, 9.17) is 5.73 Å². The van der Waals surface area contributed by atoms with E-state index in [2.05, 4.69) is 6.07 Å². The lowest BCUT2D eigenvalue weighted by Gasteiger charge is -2.45. The van der Waals surface area contributed by atoms with E-state index in [1.54, 1.807) is 0 Å². The summed E-state index contributed by atoms with van der Waals surface area (Å²) in [4.78, 5) is 0. The van der Waals surface area contributed by atoms with E-state index in [-0.39, 0.29) is 5.41 Å². The number of nitrogens with zero attached hydrogens (tertiary/aromatic N) is 1. The third-order valence-electron chi connectivity index (χ3n) is 4.18. The fourth-order valence-corrected chi connectivity index (χ4v) is 3.28. The van der Waals surface area contributed by atoms with Crippen molar-refractivity contribution in [3.63, 3.8) is 0 Å². The van der Waals surface area contributed by atoms with Gasteiger partial charge in [-0.1, -0.05) is 25.7 Å². The molecule has 2 heteroatoms. The molecule has 0 aliphatic heterocycles. The monoisotopic (exact) mass is 178 g/mol. The van der Waals surface area contributed by atoms with Gasteiger partial charge in [0.1, 0.15) is 5.54 Å². The molecule has 2 saturated carbocycles. The summed E-state index contributed by atoms with van der Waals surface area (Å²) < 4.78 is 0. The molecule has 13 heavy (non-hydrogen) atoms. The molecule has 0 aromatic rings. The molecule has 2 N–H and O–H groups in total. The zero-order valence-electron chi connectivity index (χ0n) is 8.18. The topological polar surface area (TPSA) is 49.8 Å². The fourth-order valence-electron chi connectivity index (χ4n) is 3.28. The van der Waals surface area contributed by atoms with Crippen LogP contribution < -0.4 is 5.73 Å². The molecule has 72 valence electrons. The summed E-state index contributed by atoms with van der Waals surface area (Å²) in [7, 11) is 0. The van der Waals surface area contributed by atoms with Gasteiger partial charge < -0.3 is 5.73 Å². The van der Waals surface area contributed by atoms with Gasteiger partial charge in [-0.15, -0.1) is 0 Å². The highest BCUT2D eigenvalue weighted by Crippen LogP contribution is 2.53. The van der Waals surface area contributed by atoms with Gasteiger partial charge in [-0.2, -0.15) is 5.26 Å². The van der Waals surface area contributed by atoms with Gasteiger partial charge in [0.25, 0.3) is 0 Å². The molecule has 1 unspecified atom stereocenters. The summed E-state index contributed by atoms with van der Waals surface area (Å²) in [5.41, 5.74) is 5.93. The summed E-state index contributed by atoms with van der Waals surface area (Å²) in [5.74, 6) is 0. The van der Waals surface area contributed by atoms with Crippen LogP contribution in [0.2, 0.25) is 0 Å². The van der Waals surface area contributed by atoms with Crippen molar-refractivity contribution in [2.45, 2.75) is 56.9 Å². The quantitative estimate of drug-likeness (QED) is 0.619. The first-order valence-corrected chi connectivity index (χ1v) is 5.43. The maximum atomic E-state index is 9.20. The summed E-state index contributed by atoms with van der Waals surface area (Å²) in [6.07, 6.45) is 9.47. The van der Waals surface area contributed by atoms with Gasteiger partial charge >= 0.3 is 0 Å². The zero-order valence-corrected chi connectivity index (χ0v) is 8.18. The first-order valence-electron chi connectivity index (χ1n) is 5.43. The van der Waals surface area contributed by atoms with Crippen LogP contribution in [0.3, 0.4) is 0 Å². The van der Waals surface area contributed by atoms with Gasteiger partial charge in [0, 0.05) is 5.41 Å². The first kappa shape index (κ1) is 9.02. The lowest BCUT2D eigenvalue weighted by molar-refractivity contribution is 0.110. The predicted molar refractivity (Wildman–Crippen MR) is 51.9 cm³/mol. The van der Waals surface area contributed by atoms with Crippen LogP contribution in [-0.2, 0) is 0 Å². The average Bonchev–Trinajstić information content (AvgIpc) is 2.61. The molecule has 0 bridgehead atoms. The molecule has 1 spiro atoms. The molecule has 2 aliphatic carbocycles. The molecular weight excluding hydrogens is 160 g/mol. The van der Waals surface area contributed by atoms with Gasteiger partial charge in [0.15, 0.2) is 0 Å². The van der Waals surface area contributed by atoms with Crippen LogP contribution in [-0.4, -0.2) is 5.54 Å². The number of rotatable bonds is 0. The van der Waals surface area contributed by atoms with Gasteiger partial charge in [-0.3, -0.25) is 0 Å². The number of nitrogens with two attached hydrogens (primary N) is 1. The van der Waals surface area contributed by atoms with Gasteiger partial charge in [-0.05, 0) is 25.7 Å². The van der Waals surface area contributed by atoms with Gasteiger partial charge in [-0.25, -0.2) is 0 Å². The molecular formula is C11H18N2. The lowest BCUT2D eigenvalue weighted by atomic mass is 9.61. The number of hydrogen-bond acceptors (Lipinski definition) is 2. The van der Waals surface area contributed by atoms with E-state index in [9.17, 15) is 5.26 Å². The molecule has 2 nitrogen and oxygen atoms in total. The maximum absolute atomic E-state index is 9.20. The summed E-state index contributed by atoms with van der Waals surface area (Å²) in [6, 6.07) is 2.39. The Morgan fingerprint density at radius 2 is 1.38 bits per heavy atom. The Morgan fingerprint density at radius 1 is 0.923 bits per heavy atom. The zero-order chi connectivity index (χ0) is 9.36. The van der Waals surface area contributed by atoms with Crippen LogP contribution in [0.5, 0.6) is 0 Å². The highest BCUT2D eigenvalue weighted by atomic mass is 14.8. The van der Waals surface area contributed by atoms with Crippen molar-refractivity contribution in [2.75, 3.05) is 0 Å². The van der Waals surface area contributed by atoms with Crippen LogP contribution in [0.25, 0.3) is 0 Å². The SMILES string of the molecule is N#CC1(N)CCCCC12CCCC2. The Kier molecular flexibility index (Phi) is 2.08. The van der Waals surface area contributed by atoms with Crippen LogP contribution in [0.1, 0.15) is 51.4 Å². The lowest BCUT2D eigenvalue weighted by Crippen LogP contribution is -2.55. The molecule has 1 atom stereocenters. The first-order chi connectivity index (χ1) is 6.22. The Labute approximate surface area is 80.1 Å². The summed E-state index contributed by atoms with van der Waals surface area (Å²) in [6.45, 7) is 0. The molecule has 2 rings (SSSR count). The van der Waals surface area contributed by atoms with E-state index in [1.165, 1.54) is 38.5 Å². The van der Waals surface area contributed by atoms with Crippen molar-refractivity contribution in [3.05, 3.63) is 0 Å². The second-order valence-corrected chi connectivity index (χ2v) is 4.78. The minimum Gasteiger partial charge on any atom is -0.313 e. The standard InChI is InChI=1S/C11H18N2/c12-9-11(13)8-4-3-7-10(11)5-1-2-6-10/h1-8,13H2. The van der Waals surface area contributed by atoms with E-state index in [0.29, 0.717) is 0 Å².